The van der Waals surface area contributed by atoms with Crippen molar-refractivity contribution in [3.63, 3.8) is 0 Å². The lowest BCUT2D eigenvalue weighted by Gasteiger charge is -2.36. The molecule has 8 nitrogen and oxygen atoms in total. The van der Waals surface area contributed by atoms with Gasteiger partial charge in [-0.05, 0) is 20.8 Å². The van der Waals surface area contributed by atoms with Gasteiger partial charge >= 0.3 is 0 Å². The Labute approximate surface area is 141 Å². The van der Waals surface area contributed by atoms with Gasteiger partial charge in [-0.25, -0.2) is 0 Å². The quantitative estimate of drug-likeness (QED) is 0.865. The first-order valence-electron chi connectivity index (χ1n) is 8.20. The molecule has 2 unspecified atom stereocenters. The molecule has 3 rings (SSSR count). The van der Waals surface area contributed by atoms with Crippen molar-refractivity contribution in [2.24, 2.45) is 5.41 Å². The van der Waals surface area contributed by atoms with Crippen LogP contribution in [0.4, 0.5) is 5.69 Å². The Morgan fingerprint density at radius 1 is 1.33 bits per heavy atom. The van der Waals surface area contributed by atoms with E-state index in [1.165, 1.54) is 0 Å². The standard InChI is InChI=1S/C16H24N4O4/c1-11-5-19(6-12(2)24-11)14(21)8-20-7-13(4-17-20)18-15(22)16(3)9-23-10-16/h4,7,11-12H,5-6,8-10H2,1-3H3,(H,18,22). The highest BCUT2D eigenvalue weighted by atomic mass is 16.5. The molecule has 1 aromatic heterocycles. The molecule has 3 heterocycles. The van der Waals surface area contributed by atoms with Crippen molar-refractivity contribution in [1.82, 2.24) is 14.7 Å². The summed E-state index contributed by atoms with van der Waals surface area (Å²) in [5, 5.41) is 6.98. The molecule has 2 aliphatic heterocycles. The Morgan fingerprint density at radius 3 is 2.58 bits per heavy atom. The summed E-state index contributed by atoms with van der Waals surface area (Å²) in [6.07, 6.45) is 3.30. The zero-order valence-electron chi connectivity index (χ0n) is 14.3. The molecule has 2 fully saturated rings. The summed E-state index contributed by atoms with van der Waals surface area (Å²) in [4.78, 5) is 26.4. The number of nitrogens with one attached hydrogen (secondary N) is 1. The summed E-state index contributed by atoms with van der Waals surface area (Å²) < 4.78 is 12.3. The summed E-state index contributed by atoms with van der Waals surface area (Å²) in [6, 6.07) is 0. The molecule has 2 saturated heterocycles. The van der Waals surface area contributed by atoms with Gasteiger partial charge in [-0.15, -0.1) is 0 Å². The fourth-order valence-corrected chi connectivity index (χ4v) is 2.96. The Bertz CT molecular complexity index is 615. The van der Waals surface area contributed by atoms with Crippen LogP contribution in [-0.2, 0) is 25.6 Å². The monoisotopic (exact) mass is 336 g/mol. The summed E-state index contributed by atoms with van der Waals surface area (Å²) in [5.41, 5.74) is 0.113. The summed E-state index contributed by atoms with van der Waals surface area (Å²) in [5.74, 6) is -0.0900. The summed E-state index contributed by atoms with van der Waals surface area (Å²) in [7, 11) is 0. The van der Waals surface area contributed by atoms with E-state index in [0.29, 0.717) is 32.0 Å². The number of anilines is 1. The van der Waals surface area contributed by atoms with Gasteiger partial charge in [-0.2, -0.15) is 5.10 Å². The van der Waals surface area contributed by atoms with Crippen LogP contribution in [0.3, 0.4) is 0 Å². The summed E-state index contributed by atoms with van der Waals surface area (Å²) in [6.45, 7) is 7.97. The lowest BCUT2D eigenvalue weighted by molar-refractivity contribution is -0.151. The second kappa shape index (κ2) is 6.52. The number of hydrogen-bond acceptors (Lipinski definition) is 5. The van der Waals surface area contributed by atoms with Crippen LogP contribution in [0.15, 0.2) is 12.4 Å². The molecule has 0 radical (unpaired) electrons. The van der Waals surface area contributed by atoms with Crippen LogP contribution in [0.5, 0.6) is 0 Å². The molecular formula is C16H24N4O4. The van der Waals surface area contributed by atoms with E-state index in [-0.39, 0.29) is 30.6 Å². The molecule has 0 aliphatic carbocycles. The van der Waals surface area contributed by atoms with Crippen molar-refractivity contribution >= 4 is 17.5 Å². The minimum atomic E-state index is -0.474. The van der Waals surface area contributed by atoms with Gasteiger partial charge in [-0.1, -0.05) is 0 Å². The SMILES string of the molecule is CC1CN(C(=O)Cn2cc(NC(=O)C3(C)COC3)cn2)CC(C)O1. The smallest absolute Gasteiger partial charge is 0.244 e. The molecule has 0 aromatic carbocycles. The van der Waals surface area contributed by atoms with Gasteiger partial charge < -0.3 is 19.7 Å². The number of morpholine rings is 1. The zero-order chi connectivity index (χ0) is 17.3. The van der Waals surface area contributed by atoms with Crippen molar-refractivity contribution in [2.75, 3.05) is 31.6 Å². The minimum absolute atomic E-state index is 0.00247. The van der Waals surface area contributed by atoms with Crippen molar-refractivity contribution in [3.05, 3.63) is 12.4 Å². The molecule has 2 aliphatic rings. The van der Waals surface area contributed by atoms with Gasteiger partial charge in [0.05, 0.1) is 42.7 Å². The lowest BCUT2D eigenvalue weighted by Crippen LogP contribution is -2.49. The molecular weight excluding hydrogens is 312 g/mol. The largest absolute Gasteiger partial charge is 0.379 e. The fourth-order valence-electron chi connectivity index (χ4n) is 2.96. The number of aromatic nitrogens is 2. The van der Waals surface area contributed by atoms with Crippen molar-refractivity contribution < 1.29 is 19.1 Å². The van der Waals surface area contributed by atoms with E-state index < -0.39 is 5.41 Å². The number of nitrogens with zero attached hydrogens (tertiary/aromatic N) is 3. The number of amides is 2. The number of carbonyl (C=O) groups excluding carboxylic acids is 2. The average molecular weight is 336 g/mol. The van der Waals surface area contributed by atoms with E-state index in [0.717, 1.165) is 0 Å². The van der Waals surface area contributed by atoms with Crippen LogP contribution in [0, 0.1) is 5.41 Å². The first kappa shape index (κ1) is 16.9. The van der Waals surface area contributed by atoms with Crippen molar-refractivity contribution in [3.8, 4) is 0 Å². The van der Waals surface area contributed by atoms with Crippen LogP contribution in [0.1, 0.15) is 20.8 Å². The maximum Gasteiger partial charge on any atom is 0.244 e. The first-order chi connectivity index (χ1) is 11.4. The number of ether oxygens (including phenoxy) is 2. The second-order valence-corrected chi connectivity index (χ2v) is 6.99. The number of hydrogen-bond donors (Lipinski definition) is 1. The molecule has 1 aromatic rings. The first-order valence-corrected chi connectivity index (χ1v) is 8.20. The third-order valence-electron chi connectivity index (χ3n) is 4.35. The van der Waals surface area contributed by atoms with E-state index in [1.807, 2.05) is 20.8 Å². The van der Waals surface area contributed by atoms with E-state index in [2.05, 4.69) is 10.4 Å². The Kier molecular flexibility index (Phi) is 4.60. The zero-order valence-corrected chi connectivity index (χ0v) is 14.3. The van der Waals surface area contributed by atoms with Crippen LogP contribution in [0.2, 0.25) is 0 Å². The third kappa shape index (κ3) is 3.59. The van der Waals surface area contributed by atoms with Crippen LogP contribution < -0.4 is 5.32 Å². The second-order valence-electron chi connectivity index (χ2n) is 6.99. The molecule has 24 heavy (non-hydrogen) atoms. The van der Waals surface area contributed by atoms with Gasteiger partial charge in [0.15, 0.2) is 0 Å². The van der Waals surface area contributed by atoms with E-state index in [4.69, 9.17) is 9.47 Å². The Hall–Kier alpha value is -1.93. The molecule has 1 N–H and O–H groups in total. The van der Waals surface area contributed by atoms with Gasteiger partial charge in [-0.3, -0.25) is 14.3 Å². The predicted octanol–water partition coefficient (Wildman–Crippen LogP) is 0.494. The highest BCUT2D eigenvalue weighted by molar-refractivity contribution is 5.95. The molecule has 8 heteroatoms. The van der Waals surface area contributed by atoms with Gasteiger partial charge in [0.2, 0.25) is 11.8 Å². The molecule has 0 saturated carbocycles. The maximum absolute atomic E-state index is 12.4. The Balaban J connectivity index is 1.55. The molecule has 2 amide bonds. The van der Waals surface area contributed by atoms with E-state index in [1.54, 1.807) is 22.0 Å². The van der Waals surface area contributed by atoms with E-state index in [9.17, 15) is 9.59 Å². The molecule has 0 bridgehead atoms. The normalized spacial score (nSPS) is 25.9. The van der Waals surface area contributed by atoms with Crippen molar-refractivity contribution in [1.29, 1.82) is 0 Å². The van der Waals surface area contributed by atoms with Crippen LogP contribution in [-0.4, -0.2) is 65.0 Å². The number of rotatable bonds is 4. The van der Waals surface area contributed by atoms with Gasteiger partial charge in [0, 0.05) is 19.3 Å². The van der Waals surface area contributed by atoms with Crippen molar-refractivity contribution in [2.45, 2.75) is 39.5 Å². The fraction of sp³-hybridized carbons (Fsp3) is 0.688. The highest BCUT2D eigenvalue weighted by Crippen LogP contribution is 2.28. The van der Waals surface area contributed by atoms with Crippen LogP contribution >= 0.6 is 0 Å². The molecule has 0 spiro atoms. The van der Waals surface area contributed by atoms with Gasteiger partial charge in [0.1, 0.15) is 6.54 Å². The van der Waals surface area contributed by atoms with E-state index >= 15 is 0 Å². The third-order valence-corrected chi connectivity index (χ3v) is 4.35. The van der Waals surface area contributed by atoms with Crippen LogP contribution in [0.25, 0.3) is 0 Å². The highest BCUT2D eigenvalue weighted by Gasteiger charge is 2.41. The van der Waals surface area contributed by atoms with Gasteiger partial charge in [0.25, 0.3) is 0 Å². The molecule has 2 atom stereocenters. The Morgan fingerprint density at radius 2 is 2.00 bits per heavy atom. The average Bonchev–Trinajstić information content (AvgIpc) is 2.90. The maximum atomic E-state index is 12.4. The summed E-state index contributed by atoms with van der Waals surface area (Å²) >= 11 is 0. The predicted molar refractivity (Wildman–Crippen MR) is 86.4 cm³/mol. The topological polar surface area (TPSA) is 85.7 Å². The number of carbonyl (C=O) groups is 2. The minimum Gasteiger partial charge on any atom is -0.379 e. The molecule has 132 valence electrons. The lowest BCUT2D eigenvalue weighted by atomic mass is 9.87.